The number of amides is 1. The fourth-order valence-electron chi connectivity index (χ4n) is 2.99. The van der Waals surface area contributed by atoms with Crippen LogP contribution in [0, 0.1) is 5.82 Å². The molecule has 1 saturated heterocycles. The third kappa shape index (κ3) is 5.11. The van der Waals surface area contributed by atoms with Crippen LogP contribution in [0.3, 0.4) is 0 Å². The molecule has 0 aliphatic carbocycles. The van der Waals surface area contributed by atoms with Crippen molar-refractivity contribution >= 4 is 11.6 Å². The molecule has 5 heteroatoms. The highest BCUT2D eigenvalue weighted by Gasteiger charge is 2.16. The number of rotatable bonds is 5. The predicted octanol–water partition coefficient (Wildman–Crippen LogP) is 3.08. The molecule has 0 radical (unpaired) electrons. The summed E-state index contributed by atoms with van der Waals surface area (Å²) in [7, 11) is 0. The highest BCUT2D eigenvalue weighted by atomic mass is 19.1. The summed E-state index contributed by atoms with van der Waals surface area (Å²) in [4.78, 5) is 14.5. The van der Waals surface area contributed by atoms with E-state index in [1.54, 1.807) is 0 Å². The first kappa shape index (κ1) is 17.6. The van der Waals surface area contributed by atoms with Crippen molar-refractivity contribution in [3.8, 4) is 0 Å². The fourth-order valence-corrected chi connectivity index (χ4v) is 2.99. The third-order valence-corrected chi connectivity index (χ3v) is 4.59. The number of anilines is 1. The van der Waals surface area contributed by atoms with E-state index in [1.807, 2.05) is 24.3 Å². The molecule has 0 unspecified atom stereocenters. The number of likely N-dealkylation sites (tertiary alicyclic amines) is 1. The van der Waals surface area contributed by atoms with Gasteiger partial charge in [-0.05, 0) is 61.2 Å². The van der Waals surface area contributed by atoms with Crippen molar-refractivity contribution in [2.45, 2.75) is 25.4 Å². The van der Waals surface area contributed by atoms with Crippen molar-refractivity contribution in [3.05, 3.63) is 65.5 Å². The Bertz CT molecular complexity index is 693. The lowest BCUT2D eigenvalue weighted by Crippen LogP contribution is -2.37. The second-order valence-corrected chi connectivity index (χ2v) is 6.48. The Labute approximate surface area is 147 Å². The number of benzene rings is 2. The van der Waals surface area contributed by atoms with Gasteiger partial charge in [0.25, 0.3) is 5.91 Å². The molecule has 0 atom stereocenters. The van der Waals surface area contributed by atoms with Gasteiger partial charge in [-0.2, -0.15) is 0 Å². The maximum absolute atomic E-state index is 12.9. The Morgan fingerprint density at radius 3 is 2.36 bits per heavy atom. The SMILES string of the molecule is O=C(Nc1ccc(CCN2CCC(O)CC2)cc1)c1ccc(F)cc1. The molecule has 2 aromatic carbocycles. The second-order valence-electron chi connectivity index (χ2n) is 6.48. The van der Waals surface area contributed by atoms with E-state index in [4.69, 9.17) is 0 Å². The van der Waals surface area contributed by atoms with Gasteiger partial charge in [0.2, 0.25) is 0 Å². The van der Waals surface area contributed by atoms with Crippen LogP contribution in [0.25, 0.3) is 0 Å². The van der Waals surface area contributed by atoms with E-state index >= 15 is 0 Å². The third-order valence-electron chi connectivity index (χ3n) is 4.59. The topological polar surface area (TPSA) is 52.6 Å². The zero-order valence-corrected chi connectivity index (χ0v) is 14.1. The van der Waals surface area contributed by atoms with Gasteiger partial charge in [-0.3, -0.25) is 4.79 Å². The summed E-state index contributed by atoms with van der Waals surface area (Å²) in [6, 6.07) is 13.3. The van der Waals surface area contributed by atoms with Gasteiger partial charge in [-0.1, -0.05) is 12.1 Å². The summed E-state index contributed by atoms with van der Waals surface area (Å²) < 4.78 is 12.9. The van der Waals surface area contributed by atoms with Crippen LogP contribution in [-0.4, -0.2) is 41.7 Å². The number of hydrogen-bond acceptors (Lipinski definition) is 3. The molecule has 0 spiro atoms. The lowest BCUT2D eigenvalue weighted by Gasteiger charge is -2.29. The minimum atomic E-state index is -0.357. The van der Waals surface area contributed by atoms with Crippen LogP contribution < -0.4 is 5.32 Å². The van der Waals surface area contributed by atoms with E-state index in [-0.39, 0.29) is 17.8 Å². The lowest BCUT2D eigenvalue weighted by molar-refractivity contribution is 0.0832. The van der Waals surface area contributed by atoms with Crippen LogP contribution >= 0.6 is 0 Å². The molecular weight excluding hydrogens is 319 g/mol. The average Bonchev–Trinajstić information content (AvgIpc) is 2.63. The average molecular weight is 342 g/mol. The first-order chi connectivity index (χ1) is 12.1. The van der Waals surface area contributed by atoms with E-state index < -0.39 is 0 Å². The second kappa shape index (κ2) is 8.23. The summed E-state index contributed by atoms with van der Waals surface area (Å²) in [5, 5.41) is 12.3. The number of nitrogens with zero attached hydrogens (tertiary/aromatic N) is 1. The molecule has 1 fully saturated rings. The number of piperidine rings is 1. The molecule has 4 nitrogen and oxygen atoms in total. The van der Waals surface area contributed by atoms with Crippen molar-refractivity contribution in [2.75, 3.05) is 25.0 Å². The molecule has 132 valence electrons. The number of carbonyl (C=O) groups excluding carboxylic acids is 1. The Balaban J connectivity index is 1.50. The van der Waals surface area contributed by atoms with Crippen LogP contribution in [0.1, 0.15) is 28.8 Å². The molecule has 0 bridgehead atoms. The number of halogens is 1. The molecule has 2 aromatic rings. The van der Waals surface area contributed by atoms with E-state index in [0.29, 0.717) is 5.56 Å². The molecule has 1 aliphatic heterocycles. The van der Waals surface area contributed by atoms with Crippen molar-refractivity contribution in [1.29, 1.82) is 0 Å². The monoisotopic (exact) mass is 342 g/mol. The molecule has 1 aliphatic rings. The molecule has 0 saturated carbocycles. The van der Waals surface area contributed by atoms with Gasteiger partial charge < -0.3 is 15.3 Å². The first-order valence-electron chi connectivity index (χ1n) is 8.66. The quantitative estimate of drug-likeness (QED) is 0.878. The number of aliphatic hydroxyl groups is 1. The summed E-state index contributed by atoms with van der Waals surface area (Å²) in [5.74, 6) is -0.608. The zero-order valence-electron chi connectivity index (χ0n) is 14.1. The Kier molecular flexibility index (Phi) is 5.79. The molecular formula is C20H23FN2O2. The van der Waals surface area contributed by atoms with Gasteiger partial charge in [0.05, 0.1) is 6.10 Å². The molecule has 1 heterocycles. The number of carbonyl (C=O) groups is 1. The molecule has 1 amide bonds. The smallest absolute Gasteiger partial charge is 0.255 e. The maximum Gasteiger partial charge on any atom is 0.255 e. The van der Waals surface area contributed by atoms with E-state index in [9.17, 15) is 14.3 Å². The van der Waals surface area contributed by atoms with Gasteiger partial charge in [0, 0.05) is 30.9 Å². The van der Waals surface area contributed by atoms with Crippen LogP contribution in [-0.2, 0) is 6.42 Å². The Morgan fingerprint density at radius 1 is 1.08 bits per heavy atom. The molecule has 3 rings (SSSR count). The largest absolute Gasteiger partial charge is 0.393 e. The van der Waals surface area contributed by atoms with Crippen molar-refractivity contribution in [1.82, 2.24) is 4.90 Å². The van der Waals surface area contributed by atoms with E-state index in [2.05, 4.69) is 10.2 Å². The normalized spacial score (nSPS) is 15.9. The summed E-state index contributed by atoms with van der Waals surface area (Å²) in [6.45, 7) is 2.88. The number of nitrogens with one attached hydrogen (secondary N) is 1. The molecule has 0 aromatic heterocycles. The van der Waals surface area contributed by atoms with Gasteiger partial charge in [-0.15, -0.1) is 0 Å². The van der Waals surface area contributed by atoms with Crippen LogP contribution in [0.5, 0.6) is 0 Å². The summed E-state index contributed by atoms with van der Waals surface area (Å²) in [5.41, 5.74) is 2.36. The summed E-state index contributed by atoms with van der Waals surface area (Å²) >= 11 is 0. The van der Waals surface area contributed by atoms with E-state index in [1.165, 1.54) is 29.8 Å². The van der Waals surface area contributed by atoms with Crippen molar-refractivity contribution in [3.63, 3.8) is 0 Å². The molecule has 2 N–H and O–H groups in total. The maximum atomic E-state index is 12.9. The minimum Gasteiger partial charge on any atom is -0.393 e. The van der Waals surface area contributed by atoms with Gasteiger partial charge in [0.15, 0.2) is 0 Å². The van der Waals surface area contributed by atoms with E-state index in [0.717, 1.165) is 44.6 Å². The van der Waals surface area contributed by atoms with Crippen LogP contribution in [0.15, 0.2) is 48.5 Å². The van der Waals surface area contributed by atoms with Crippen LogP contribution in [0.4, 0.5) is 10.1 Å². The standard InChI is InChI=1S/C20H23FN2O2/c21-17-5-3-16(4-6-17)20(25)22-18-7-1-15(2-8-18)9-12-23-13-10-19(24)11-14-23/h1-8,19,24H,9-14H2,(H,22,25). The fraction of sp³-hybridized carbons (Fsp3) is 0.350. The highest BCUT2D eigenvalue weighted by molar-refractivity contribution is 6.04. The first-order valence-corrected chi connectivity index (χ1v) is 8.66. The summed E-state index contributed by atoms with van der Waals surface area (Å²) in [6.07, 6.45) is 2.52. The number of aliphatic hydroxyl groups excluding tert-OH is 1. The Hall–Kier alpha value is -2.24. The van der Waals surface area contributed by atoms with Gasteiger partial charge in [-0.25, -0.2) is 4.39 Å². The highest BCUT2D eigenvalue weighted by Crippen LogP contribution is 2.14. The van der Waals surface area contributed by atoms with Gasteiger partial charge in [0.1, 0.15) is 5.82 Å². The van der Waals surface area contributed by atoms with Crippen molar-refractivity contribution in [2.24, 2.45) is 0 Å². The van der Waals surface area contributed by atoms with Crippen LogP contribution in [0.2, 0.25) is 0 Å². The predicted molar refractivity (Wildman–Crippen MR) is 96.2 cm³/mol. The number of hydrogen-bond donors (Lipinski definition) is 2. The van der Waals surface area contributed by atoms with Crippen molar-refractivity contribution < 1.29 is 14.3 Å². The Morgan fingerprint density at radius 2 is 1.72 bits per heavy atom. The van der Waals surface area contributed by atoms with Gasteiger partial charge >= 0.3 is 0 Å². The zero-order chi connectivity index (χ0) is 17.6. The minimum absolute atomic E-state index is 0.139. The lowest BCUT2D eigenvalue weighted by atomic mass is 10.1. The molecule has 25 heavy (non-hydrogen) atoms.